The number of nitrogens with two attached hydrogens (primary N) is 1. The Labute approximate surface area is 156 Å². The zero-order valence-electron chi connectivity index (χ0n) is 15.7. The van der Waals surface area contributed by atoms with Crippen molar-refractivity contribution in [3.05, 3.63) is 35.8 Å². The van der Waals surface area contributed by atoms with E-state index in [9.17, 15) is 13.2 Å². The SMILES string of the molecule is CC(C)(C)C1CCC=C(c2c(C(F)(F)F)nn(-c3ncccn3)c2N)CC1. The fourth-order valence-corrected chi connectivity index (χ4v) is 3.63. The average molecular weight is 379 g/mol. The highest BCUT2D eigenvalue weighted by Gasteiger charge is 2.40. The first kappa shape index (κ1) is 19.4. The number of anilines is 1. The molecule has 2 heterocycles. The summed E-state index contributed by atoms with van der Waals surface area (Å²) in [5, 5.41) is 3.73. The maximum atomic E-state index is 13.7. The van der Waals surface area contributed by atoms with E-state index in [4.69, 9.17) is 5.73 Å². The second-order valence-electron chi connectivity index (χ2n) is 7.98. The molecule has 0 bridgehead atoms. The molecule has 5 nitrogen and oxygen atoms in total. The van der Waals surface area contributed by atoms with E-state index in [1.807, 2.05) is 6.08 Å². The molecule has 1 unspecified atom stereocenters. The lowest BCUT2D eigenvalue weighted by Gasteiger charge is -2.29. The predicted octanol–water partition coefficient (Wildman–Crippen LogP) is 4.88. The molecular formula is C19H24F3N5. The Morgan fingerprint density at radius 2 is 1.78 bits per heavy atom. The van der Waals surface area contributed by atoms with Crippen LogP contribution in [0.3, 0.4) is 0 Å². The molecule has 8 heteroatoms. The fourth-order valence-electron chi connectivity index (χ4n) is 3.63. The molecule has 0 fully saturated rings. The molecule has 0 aromatic carbocycles. The second-order valence-corrected chi connectivity index (χ2v) is 7.98. The number of nitrogens with zero attached hydrogens (tertiary/aromatic N) is 4. The second kappa shape index (κ2) is 6.98. The standard InChI is InChI=1S/C19H24F3N5/c1-18(2,3)13-7-4-6-12(8-9-13)14-15(19(20,21)22)26-27(16(14)23)17-24-10-5-11-25-17/h5-6,10-11,13H,4,7-9,23H2,1-3H3. The van der Waals surface area contributed by atoms with Crippen LogP contribution in [0.15, 0.2) is 24.5 Å². The lowest BCUT2D eigenvalue weighted by Crippen LogP contribution is -2.19. The molecule has 0 saturated carbocycles. The molecule has 146 valence electrons. The molecule has 1 aliphatic rings. The van der Waals surface area contributed by atoms with Gasteiger partial charge in [0, 0.05) is 12.4 Å². The number of alkyl halides is 3. The number of halogens is 3. The van der Waals surface area contributed by atoms with Gasteiger partial charge >= 0.3 is 6.18 Å². The molecule has 1 aliphatic carbocycles. The van der Waals surface area contributed by atoms with Crippen LogP contribution in [0.1, 0.15) is 57.7 Å². The topological polar surface area (TPSA) is 69.6 Å². The van der Waals surface area contributed by atoms with Gasteiger partial charge in [0.1, 0.15) is 5.82 Å². The summed E-state index contributed by atoms with van der Waals surface area (Å²) in [7, 11) is 0. The zero-order chi connectivity index (χ0) is 19.8. The van der Waals surface area contributed by atoms with Crippen molar-refractivity contribution >= 4 is 11.4 Å². The van der Waals surface area contributed by atoms with Crippen LogP contribution in [-0.2, 0) is 6.18 Å². The number of allylic oxidation sites excluding steroid dienone is 2. The first-order valence-electron chi connectivity index (χ1n) is 9.01. The quantitative estimate of drug-likeness (QED) is 0.807. The number of nitrogen functional groups attached to an aromatic ring is 1. The smallest absolute Gasteiger partial charge is 0.383 e. The molecule has 0 amide bonds. The number of hydrogen-bond acceptors (Lipinski definition) is 4. The van der Waals surface area contributed by atoms with Crippen LogP contribution in [0.4, 0.5) is 19.0 Å². The third kappa shape index (κ3) is 3.99. The minimum atomic E-state index is -4.61. The summed E-state index contributed by atoms with van der Waals surface area (Å²) in [6, 6.07) is 1.58. The lowest BCUT2D eigenvalue weighted by molar-refractivity contribution is -0.141. The molecule has 2 N–H and O–H groups in total. The maximum Gasteiger partial charge on any atom is 0.435 e. The Balaban J connectivity index is 2.04. The summed E-state index contributed by atoms with van der Waals surface area (Å²) < 4.78 is 42.0. The summed E-state index contributed by atoms with van der Waals surface area (Å²) >= 11 is 0. The maximum absolute atomic E-state index is 13.7. The Morgan fingerprint density at radius 1 is 1.11 bits per heavy atom. The van der Waals surface area contributed by atoms with Crippen LogP contribution >= 0.6 is 0 Å². The van der Waals surface area contributed by atoms with E-state index < -0.39 is 11.9 Å². The van der Waals surface area contributed by atoms with E-state index in [2.05, 4.69) is 35.8 Å². The van der Waals surface area contributed by atoms with Crippen LogP contribution < -0.4 is 5.73 Å². The molecular weight excluding hydrogens is 355 g/mol. The van der Waals surface area contributed by atoms with Gasteiger partial charge in [-0.05, 0) is 48.7 Å². The van der Waals surface area contributed by atoms with Gasteiger partial charge in [0.25, 0.3) is 5.95 Å². The summed E-state index contributed by atoms with van der Waals surface area (Å²) in [5.41, 5.74) is 5.82. The van der Waals surface area contributed by atoms with Crippen molar-refractivity contribution in [2.24, 2.45) is 11.3 Å². The Kier molecular flexibility index (Phi) is 5.01. The Morgan fingerprint density at radius 3 is 2.37 bits per heavy atom. The summed E-state index contributed by atoms with van der Waals surface area (Å²) in [6.45, 7) is 6.51. The zero-order valence-corrected chi connectivity index (χ0v) is 15.7. The number of rotatable bonds is 2. The van der Waals surface area contributed by atoms with Crippen molar-refractivity contribution in [3.63, 3.8) is 0 Å². The van der Waals surface area contributed by atoms with Gasteiger partial charge in [-0.2, -0.15) is 23.0 Å². The first-order chi connectivity index (χ1) is 12.6. The van der Waals surface area contributed by atoms with E-state index >= 15 is 0 Å². The normalized spacial score (nSPS) is 18.9. The monoisotopic (exact) mass is 379 g/mol. The average Bonchev–Trinajstić information content (AvgIpc) is 2.77. The van der Waals surface area contributed by atoms with Gasteiger partial charge in [-0.25, -0.2) is 9.97 Å². The molecule has 27 heavy (non-hydrogen) atoms. The van der Waals surface area contributed by atoms with E-state index in [0.29, 0.717) is 17.9 Å². The molecule has 3 rings (SSSR count). The van der Waals surface area contributed by atoms with Crippen molar-refractivity contribution < 1.29 is 13.2 Å². The molecule has 0 radical (unpaired) electrons. The highest BCUT2D eigenvalue weighted by Crippen LogP contribution is 2.43. The first-order valence-corrected chi connectivity index (χ1v) is 9.01. The third-order valence-corrected chi connectivity index (χ3v) is 5.15. The third-order valence-electron chi connectivity index (χ3n) is 5.15. The van der Waals surface area contributed by atoms with Crippen LogP contribution in [0.25, 0.3) is 11.5 Å². The van der Waals surface area contributed by atoms with Crippen molar-refractivity contribution in [1.29, 1.82) is 0 Å². The highest BCUT2D eigenvalue weighted by atomic mass is 19.4. The van der Waals surface area contributed by atoms with Gasteiger partial charge in [-0.1, -0.05) is 26.8 Å². The van der Waals surface area contributed by atoms with E-state index in [0.717, 1.165) is 23.9 Å². The number of aromatic nitrogens is 4. The molecule has 2 aromatic rings. The minimum Gasteiger partial charge on any atom is -0.383 e. The molecule has 0 spiro atoms. The largest absolute Gasteiger partial charge is 0.435 e. The van der Waals surface area contributed by atoms with Crippen molar-refractivity contribution in [1.82, 2.24) is 19.7 Å². The summed E-state index contributed by atoms with van der Waals surface area (Å²) in [4.78, 5) is 7.95. The molecule has 0 aliphatic heterocycles. The molecule has 1 atom stereocenters. The van der Waals surface area contributed by atoms with E-state index in [-0.39, 0.29) is 22.7 Å². The van der Waals surface area contributed by atoms with Gasteiger partial charge in [0.2, 0.25) is 0 Å². The van der Waals surface area contributed by atoms with Gasteiger partial charge in [-0.3, -0.25) is 0 Å². The number of hydrogen-bond donors (Lipinski definition) is 1. The van der Waals surface area contributed by atoms with Crippen molar-refractivity contribution in [2.75, 3.05) is 5.73 Å². The predicted molar refractivity (Wildman–Crippen MR) is 98.0 cm³/mol. The van der Waals surface area contributed by atoms with Crippen LogP contribution in [-0.4, -0.2) is 19.7 Å². The Bertz CT molecular complexity index is 832. The Hall–Kier alpha value is -2.38. The van der Waals surface area contributed by atoms with Gasteiger partial charge in [0.15, 0.2) is 5.69 Å². The molecule has 2 aromatic heterocycles. The summed E-state index contributed by atoms with van der Waals surface area (Å²) in [5.74, 6) is 0.386. The van der Waals surface area contributed by atoms with Crippen molar-refractivity contribution in [2.45, 2.75) is 52.6 Å². The van der Waals surface area contributed by atoms with E-state index in [1.54, 1.807) is 6.07 Å². The highest BCUT2D eigenvalue weighted by molar-refractivity contribution is 5.76. The molecule has 0 saturated heterocycles. The van der Waals surface area contributed by atoms with Gasteiger partial charge in [0.05, 0.1) is 5.56 Å². The van der Waals surface area contributed by atoms with Crippen molar-refractivity contribution in [3.8, 4) is 5.95 Å². The summed E-state index contributed by atoms with van der Waals surface area (Å²) in [6.07, 6.45) is 3.18. The minimum absolute atomic E-state index is 0.0218. The fraction of sp³-hybridized carbons (Fsp3) is 0.526. The lowest BCUT2D eigenvalue weighted by atomic mass is 9.76. The van der Waals surface area contributed by atoms with E-state index in [1.165, 1.54) is 12.4 Å². The van der Waals surface area contributed by atoms with Crippen LogP contribution in [0, 0.1) is 11.3 Å². The van der Waals surface area contributed by atoms with Gasteiger partial charge < -0.3 is 5.73 Å². The van der Waals surface area contributed by atoms with Crippen LogP contribution in [0.5, 0.6) is 0 Å². The van der Waals surface area contributed by atoms with Gasteiger partial charge in [-0.15, -0.1) is 0 Å². The van der Waals surface area contributed by atoms with Crippen LogP contribution in [0.2, 0.25) is 0 Å².